The van der Waals surface area contributed by atoms with Crippen LogP contribution in [0.3, 0.4) is 0 Å². The molecule has 0 aliphatic carbocycles. The average Bonchev–Trinajstić information content (AvgIpc) is 2.35. The first-order chi connectivity index (χ1) is 9.49. The molecule has 0 N–H and O–H groups in total. The lowest BCUT2D eigenvalue weighted by Gasteiger charge is -2.06. The van der Waals surface area contributed by atoms with E-state index in [2.05, 4.69) is 24.9 Å². The van der Waals surface area contributed by atoms with Crippen molar-refractivity contribution in [2.24, 2.45) is 0 Å². The van der Waals surface area contributed by atoms with Crippen molar-refractivity contribution >= 4 is 23.4 Å². The third-order valence-corrected chi connectivity index (χ3v) is 3.53. The van der Waals surface area contributed by atoms with Crippen molar-refractivity contribution in [3.63, 3.8) is 0 Å². The van der Waals surface area contributed by atoms with E-state index in [0.717, 1.165) is 17.0 Å². The van der Waals surface area contributed by atoms with Gasteiger partial charge in [-0.1, -0.05) is 0 Å². The lowest BCUT2D eigenvalue weighted by molar-refractivity contribution is 0.307. The maximum absolute atomic E-state index is 5.84. The minimum atomic E-state index is 0.0894. The number of aryl methyl sites for hydroxylation is 2. The smallest absolute Gasteiger partial charge is 0.321 e. The van der Waals surface area contributed by atoms with Crippen LogP contribution in [0.1, 0.15) is 23.9 Å². The summed E-state index contributed by atoms with van der Waals surface area (Å²) in [7, 11) is 0. The minimum Gasteiger partial charge on any atom is -0.464 e. The quantitative estimate of drug-likeness (QED) is 0.804. The maximum Gasteiger partial charge on any atom is 0.321 e. The van der Waals surface area contributed by atoms with Crippen LogP contribution < -0.4 is 4.74 Å². The standard InChI is InChI=1S/C12H14ClN5OS/c1-5-19-10-16-9(13)17-12(18-10)20-11-14-7(3)6(2)8(4)15-11/h5H2,1-4H3. The fourth-order valence-corrected chi connectivity index (χ4v) is 2.41. The van der Waals surface area contributed by atoms with Crippen LogP contribution in [-0.4, -0.2) is 31.5 Å². The monoisotopic (exact) mass is 311 g/mol. The predicted molar refractivity (Wildman–Crippen MR) is 76.4 cm³/mol. The number of halogens is 1. The average molecular weight is 312 g/mol. The second kappa shape index (κ2) is 6.32. The van der Waals surface area contributed by atoms with E-state index in [4.69, 9.17) is 16.3 Å². The first-order valence-electron chi connectivity index (χ1n) is 6.03. The molecule has 6 nitrogen and oxygen atoms in total. The van der Waals surface area contributed by atoms with Gasteiger partial charge in [0.05, 0.1) is 6.61 Å². The van der Waals surface area contributed by atoms with E-state index >= 15 is 0 Å². The van der Waals surface area contributed by atoms with Gasteiger partial charge in [0, 0.05) is 11.4 Å². The highest BCUT2D eigenvalue weighted by atomic mass is 35.5. The van der Waals surface area contributed by atoms with Gasteiger partial charge >= 0.3 is 6.01 Å². The molecule has 0 atom stereocenters. The van der Waals surface area contributed by atoms with E-state index in [-0.39, 0.29) is 11.3 Å². The second-order valence-corrected chi connectivity index (χ2v) is 5.28. The maximum atomic E-state index is 5.84. The highest BCUT2D eigenvalue weighted by Crippen LogP contribution is 2.24. The van der Waals surface area contributed by atoms with E-state index in [1.807, 2.05) is 27.7 Å². The molecule has 8 heteroatoms. The summed E-state index contributed by atoms with van der Waals surface area (Å²) in [5.41, 5.74) is 2.95. The van der Waals surface area contributed by atoms with Crippen LogP contribution in [0.15, 0.2) is 10.3 Å². The Morgan fingerprint density at radius 3 is 2.15 bits per heavy atom. The number of aromatic nitrogens is 5. The van der Waals surface area contributed by atoms with Crippen molar-refractivity contribution in [3.8, 4) is 6.01 Å². The molecule has 0 aliphatic heterocycles. The molecule has 0 bridgehead atoms. The predicted octanol–water partition coefficient (Wildman–Crippen LogP) is 2.79. The minimum absolute atomic E-state index is 0.0894. The third kappa shape index (κ3) is 3.55. The van der Waals surface area contributed by atoms with Crippen LogP contribution in [0.4, 0.5) is 0 Å². The summed E-state index contributed by atoms with van der Waals surface area (Å²) in [6.07, 6.45) is 0. The largest absolute Gasteiger partial charge is 0.464 e. The Morgan fingerprint density at radius 2 is 1.55 bits per heavy atom. The van der Waals surface area contributed by atoms with Gasteiger partial charge in [0.1, 0.15) is 0 Å². The van der Waals surface area contributed by atoms with Crippen molar-refractivity contribution < 1.29 is 4.74 Å². The van der Waals surface area contributed by atoms with Gasteiger partial charge in [-0.25, -0.2) is 9.97 Å². The van der Waals surface area contributed by atoms with Gasteiger partial charge in [-0.05, 0) is 56.6 Å². The fourth-order valence-electron chi connectivity index (χ4n) is 1.42. The molecule has 20 heavy (non-hydrogen) atoms. The molecule has 0 saturated carbocycles. The molecule has 2 aromatic heterocycles. The molecule has 0 saturated heterocycles. The summed E-state index contributed by atoms with van der Waals surface area (Å²) < 4.78 is 5.23. The molecular formula is C12H14ClN5OS. The van der Waals surface area contributed by atoms with Gasteiger partial charge in [0.25, 0.3) is 0 Å². The summed E-state index contributed by atoms with van der Waals surface area (Å²) in [6.45, 7) is 8.19. The lowest BCUT2D eigenvalue weighted by Crippen LogP contribution is -2.02. The Balaban J connectivity index is 2.30. The number of nitrogens with zero attached hydrogens (tertiary/aromatic N) is 5. The van der Waals surface area contributed by atoms with Gasteiger partial charge in [-0.3, -0.25) is 0 Å². The number of ether oxygens (including phenoxy) is 1. The van der Waals surface area contributed by atoms with Crippen LogP contribution in [0.2, 0.25) is 5.28 Å². The molecule has 2 heterocycles. The van der Waals surface area contributed by atoms with Gasteiger partial charge in [0.15, 0.2) is 5.16 Å². The van der Waals surface area contributed by atoms with E-state index in [0.29, 0.717) is 16.9 Å². The Hall–Kier alpha value is -1.47. The third-order valence-electron chi connectivity index (χ3n) is 2.64. The summed E-state index contributed by atoms with van der Waals surface area (Å²) in [6, 6.07) is 0.204. The Labute approximate surface area is 126 Å². The van der Waals surface area contributed by atoms with Crippen molar-refractivity contribution in [2.75, 3.05) is 6.61 Å². The van der Waals surface area contributed by atoms with Crippen molar-refractivity contribution in [2.45, 2.75) is 38.0 Å². The van der Waals surface area contributed by atoms with E-state index in [1.165, 1.54) is 11.8 Å². The summed E-state index contributed by atoms with van der Waals surface area (Å²) in [5.74, 6) is 0. The summed E-state index contributed by atoms with van der Waals surface area (Å²) in [4.78, 5) is 20.9. The number of rotatable bonds is 4. The fraction of sp³-hybridized carbons (Fsp3) is 0.417. The van der Waals surface area contributed by atoms with Crippen molar-refractivity contribution in [1.29, 1.82) is 0 Å². The molecule has 0 spiro atoms. The first kappa shape index (κ1) is 14.9. The summed E-state index contributed by atoms with van der Waals surface area (Å²) >= 11 is 7.07. The molecule has 0 amide bonds. The molecule has 0 aromatic carbocycles. The van der Waals surface area contributed by atoms with Crippen LogP contribution in [0.25, 0.3) is 0 Å². The highest BCUT2D eigenvalue weighted by Gasteiger charge is 2.11. The topological polar surface area (TPSA) is 73.7 Å². The van der Waals surface area contributed by atoms with E-state index < -0.39 is 0 Å². The zero-order chi connectivity index (χ0) is 14.7. The first-order valence-corrected chi connectivity index (χ1v) is 7.23. The molecule has 2 rings (SSSR count). The Kier molecular flexibility index (Phi) is 4.72. The van der Waals surface area contributed by atoms with Gasteiger partial charge in [0.2, 0.25) is 10.4 Å². The van der Waals surface area contributed by atoms with E-state index in [1.54, 1.807) is 0 Å². The van der Waals surface area contributed by atoms with Crippen LogP contribution in [0, 0.1) is 20.8 Å². The zero-order valence-electron chi connectivity index (χ0n) is 11.6. The molecule has 0 fully saturated rings. The van der Waals surface area contributed by atoms with Crippen LogP contribution in [0.5, 0.6) is 6.01 Å². The molecule has 2 aromatic rings. The molecule has 0 aliphatic rings. The molecule has 106 valence electrons. The molecular weight excluding hydrogens is 298 g/mol. The molecule has 0 radical (unpaired) electrons. The van der Waals surface area contributed by atoms with Gasteiger partial charge < -0.3 is 4.74 Å². The zero-order valence-corrected chi connectivity index (χ0v) is 13.2. The SMILES string of the molecule is CCOc1nc(Cl)nc(Sc2nc(C)c(C)c(C)n2)n1. The number of hydrogen-bond donors (Lipinski definition) is 0. The van der Waals surface area contributed by atoms with Gasteiger partial charge in [-0.15, -0.1) is 0 Å². The van der Waals surface area contributed by atoms with Gasteiger partial charge in [-0.2, -0.15) is 15.0 Å². The normalized spacial score (nSPS) is 10.7. The lowest BCUT2D eigenvalue weighted by atomic mass is 10.2. The van der Waals surface area contributed by atoms with Crippen LogP contribution in [-0.2, 0) is 0 Å². The van der Waals surface area contributed by atoms with E-state index in [9.17, 15) is 0 Å². The van der Waals surface area contributed by atoms with Crippen LogP contribution >= 0.6 is 23.4 Å². The highest BCUT2D eigenvalue weighted by molar-refractivity contribution is 7.99. The van der Waals surface area contributed by atoms with Crippen molar-refractivity contribution in [1.82, 2.24) is 24.9 Å². The van der Waals surface area contributed by atoms with Crippen molar-refractivity contribution in [3.05, 3.63) is 22.2 Å². The second-order valence-electron chi connectivity index (χ2n) is 4.01. The Morgan fingerprint density at radius 1 is 0.950 bits per heavy atom. The summed E-state index contributed by atoms with van der Waals surface area (Å²) in [5, 5.41) is 1.08. The number of hydrogen-bond acceptors (Lipinski definition) is 7. The molecule has 0 unspecified atom stereocenters. The Bertz CT molecular complexity index is 614.